The van der Waals surface area contributed by atoms with Crippen LogP contribution in [0.1, 0.15) is 42.5 Å². The van der Waals surface area contributed by atoms with Gasteiger partial charge < -0.3 is 14.8 Å². The molecule has 2 N–H and O–H groups in total. The molecule has 0 unspecified atom stereocenters. The Morgan fingerprint density at radius 2 is 1.78 bits per heavy atom. The van der Waals surface area contributed by atoms with Gasteiger partial charge in [0, 0.05) is 22.3 Å². The average molecular weight is 385 g/mol. The van der Waals surface area contributed by atoms with Crippen molar-refractivity contribution in [1.29, 1.82) is 0 Å². The summed E-state index contributed by atoms with van der Waals surface area (Å²) in [6, 6.07) is 11.5. The van der Waals surface area contributed by atoms with Gasteiger partial charge >= 0.3 is 0 Å². The van der Waals surface area contributed by atoms with Gasteiger partial charge in [-0.05, 0) is 73.6 Å². The fraction of sp³-hybridized carbons (Fsp3) is 0.565. The van der Waals surface area contributed by atoms with Gasteiger partial charge in [-0.25, -0.2) is 0 Å². The van der Waals surface area contributed by atoms with E-state index in [2.05, 4.69) is 41.0 Å². The summed E-state index contributed by atoms with van der Waals surface area (Å²) in [7, 11) is 1.73. The summed E-state index contributed by atoms with van der Waals surface area (Å²) in [5, 5.41) is 4.72. The molecule has 4 saturated carbocycles. The molecule has 4 fully saturated rings. The number of quaternary nitrogens is 1. The lowest BCUT2D eigenvalue weighted by molar-refractivity contribution is -0.723. The molecule has 4 aliphatic rings. The van der Waals surface area contributed by atoms with Crippen molar-refractivity contribution in [1.82, 2.24) is 0 Å². The molecule has 1 aromatic heterocycles. The Kier molecular flexibility index (Phi) is 4.87. The zero-order valence-corrected chi connectivity index (χ0v) is 16.9. The lowest BCUT2D eigenvalue weighted by Crippen LogP contribution is -2.93. The summed E-state index contributed by atoms with van der Waals surface area (Å²) >= 11 is 1.72. The van der Waals surface area contributed by atoms with E-state index in [9.17, 15) is 0 Å². The smallest absolute Gasteiger partial charge is 0.161 e. The highest BCUT2D eigenvalue weighted by Gasteiger charge is 2.50. The third-order valence-electron chi connectivity index (χ3n) is 7.10. The SMILES string of the molecule is COc1cc(C[NH2+]C2C3CC4CC(C3)CC2C4)ccc1OCc1cccs1. The zero-order chi connectivity index (χ0) is 18.2. The molecule has 27 heavy (non-hydrogen) atoms. The first kappa shape index (κ1) is 17.6. The van der Waals surface area contributed by atoms with E-state index in [0.29, 0.717) is 6.61 Å². The highest BCUT2D eigenvalue weighted by molar-refractivity contribution is 7.09. The minimum absolute atomic E-state index is 0.604. The highest BCUT2D eigenvalue weighted by atomic mass is 32.1. The molecule has 3 nitrogen and oxygen atoms in total. The average Bonchev–Trinajstić information content (AvgIpc) is 3.19. The van der Waals surface area contributed by atoms with Crippen LogP contribution in [0.15, 0.2) is 35.7 Å². The normalized spacial score (nSPS) is 31.2. The van der Waals surface area contributed by atoms with E-state index in [0.717, 1.165) is 47.8 Å². The monoisotopic (exact) mass is 384 g/mol. The van der Waals surface area contributed by atoms with E-state index in [-0.39, 0.29) is 0 Å². The number of methoxy groups -OCH3 is 1. The van der Waals surface area contributed by atoms with Crippen molar-refractivity contribution in [3.05, 3.63) is 46.2 Å². The molecule has 0 amide bonds. The van der Waals surface area contributed by atoms with Crippen LogP contribution < -0.4 is 14.8 Å². The Morgan fingerprint density at radius 1 is 1.00 bits per heavy atom. The van der Waals surface area contributed by atoms with E-state index in [1.807, 2.05) is 0 Å². The maximum atomic E-state index is 5.97. The van der Waals surface area contributed by atoms with E-state index >= 15 is 0 Å². The molecular formula is C23H30NO2S+. The summed E-state index contributed by atoms with van der Waals surface area (Å²) in [6.45, 7) is 1.65. The maximum absolute atomic E-state index is 5.97. The van der Waals surface area contributed by atoms with Crippen LogP contribution in [-0.2, 0) is 13.2 Å². The third-order valence-corrected chi connectivity index (χ3v) is 7.95. The maximum Gasteiger partial charge on any atom is 0.161 e. The predicted octanol–water partition coefficient (Wildman–Crippen LogP) is 4.22. The molecule has 1 aromatic carbocycles. The second-order valence-electron chi connectivity index (χ2n) is 8.80. The van der Waals surface area contributed by atoms with Gasteiger partial charge in [0.15, 0.2) is 11.5 Å². The van der Waals surface area contributed by atoms with Crippen LogP contribution in [0, 0.1) is 23.7 Å². The molecule has 0 atom stereocenters. The van der Waals surface area contributed by atoms with Crippen molar-refractivity contribution in [2.45, 2.75) is 51.3 Å². The number of hydrogen-bond donors (Lipinski definition) is 1. The lowest BCUT2D eigenvalue weighted by Gasteiger charge is -2.52. The minimum atomic E-state index is 0.604. The predicted molar refractivity (Wildman–Crippen MR) is 108 cm³/mol. The molecule has 0 radical (unpaired) electrons. The number of nitrogens with two attached hydrogens (primary N) is 1. The quantitative estimate of drug-likeness (QED) is 0.775. The summed E-state index contributed by atoms with van der Waals surface area (Å²) in [6.07, 6.45) is 7.50. The molecule has 4 bridgehead atoms. The van der Waals surface area contributed by atoms with E-state index in [4.69, 9.17) is 9.47 Å². The Bertz CT molecular complexity index is 745. The lowest BCUT2D eigenvalue weighted by atomic mass is 9.54. The van der Waals surface area contributed by atoms with Crippen LogP contribution in [0.4, 0.5) is 0 Å². The third kappa shape index (κ3) is 3.62. The van der Waals surface area contributed by atoms with Gasteiger partial charge in [-0.2, -0.15) is 0 Å². The molecule has 144 valence electrons. The van der Waals surface area contributed by atoms with Gasteiger partial charge in [0.2, 0.25) is 0 Å². The molecule has 6 rings (SSSR count). The van der Waals surface area contributed by atoms with Gasteiger partial charge in [0.25, 0.3) is 0 Å². The van der Waals surface area contributed by atoms with Crippen LogP contribution in [-0.4, -0.2) is 13.2 Å². The second-order valence-corrected chi connectivity index (χ2v) is 9.83. The van der Waals surface area contributed by atoms with Crippen molar-refractivity contribution in [2.24, 2.45) is 23.7 Å². The summed E-state index contributed by atoms with van der Waals surface area (Å²) in [4.78, 5) is 1.23. The number of benzene rings is 1. The van der Waals surface area contributed by atoms with Crippen molar-refractivity contribution in [3.63, 3.8) is 0 Å². The molecule has 4 heteroatoms. The second kappa shape index (κ2) is 7.48. The first-order chi connectivity index (χ1) is 13.3. The fourth-order valence-corrected chi connectivity index (χ4v) is 6.74. The molecule has 2 aromatic rings. The van der Waals surface area contributed by atoms with Crippen LogP contribution in [0.25, 0.3) is 0 Å². The molecule has 0 saturated heterocycles. The summed E-state index contributed by atoms with van der Waals surface area (Å²) in [5.41, 5.74) is 1.34. The molecular weight excluding hydrogens is 354 g/mol. The van der Waals surface area contributed by atoms with Gasteiger partial charge in [-0.15, -0.1) is 11.3 Å². The minimum Gasteiger partial charge on any atom is -0.493 e. The first-order valence-electron chi connectivity index (χ1n) is 10.4. The number of thiophene rings is 1. The number of ether oxygens (including phenoxy) is 2. The largest absolute Gasteiger partial charge is 0.493 e. The van der Waals surface area contributed by atoms with Crippen molar-refractivity contribution >= 4 is 11.3 Å². The van der Waals surface area contributed by atoms with Gasteiger partial charge in [0.05, 0.1) is 13.2 Å². The molecule has 0 aliphatic heterocycles. The Labute approximate surface area is 166 Å². The first-order valence-corrected chi connectivity index (χ1v) is 11.3. The highest BCUT2D eigenvalue weighted by Crippen LogP contribution is 2.52. The Hall–Kier alpha value is -1.52. The van der Waals surface area contributed by atoms with E-state index < -0.39 is 0 Å². The topological polar surface area (TPSA) is 35.1 Å². The van der Waals surface area contributed by atoms with Crippen molar-refractivity contribution in [3.8, 4) is 11.5 Å². The number of rotatable bonds is 7. The molecule has 1 heterocycles. The molecule has 0 spiro atoms. The van der Waals surface area contributed by atoms with Crippen LogP contribution in [0.5, 0.6) is 11.5 Å². The fourth-order valence-electron chi connectivity index (χ4n) is 6.13. The van der Waals surface area contributed by atoms with Gasteiger partial charge in [0.1, 0.15) is 13.2 Å². The van der Waals surface area contributed by atoms with Crippen molar-refractivity contribution in [2.75, 3.05) is 7.11 Å². The van der Waals surface area contributed by atoms with Crippen LogP contribution in [0.3, 0.4) is 0 Å². The van der Waals surface area contributed by atoms with E-state index in [1.165, 1.54) is 42.5 Å². The summed E-state index contributed by atoms with van der Waals surface area (Å²) in [5.74, 6) is 5.73. The van der Waals surface area contributed by atoms with Gasteiger partial charge in [-0.1, -0.05) is 6.07 Å². The molecule has 4 aliphatic carbocycles. The summed E-state index contributed by atoms with van der Waals surface area (Å²) < 4.78 is 11.6. The van der Waals surface area contributed by atoms with Gasteiger partial charge in [-0.3, -0.25) is 0 Å². The van der Waals surface area contributed by atoms with Crippen LogP contribution >= 0.6 is 11.3 Å². The number of hydrogen-bond acceptors (Lipinski definition) is 3. The zero-order valence-electron chi connectivity index (χ0n) is 16.1. The Balaban J connectivity index is 1.22. The Morgan fingerprint density at radius 3 is 2.44 bits per heavy atom. The van der Waals surface area contributed by atoms with Crippen molar-refractivity contribution < 1.29 is 14.8 Å². The van der Waals surface area contributed by atoms with E-state index in [1.54, 1.807) is 18.4 Å². The standard InChI is InChI=1S/C23H29NO2S/c1-25-22-12-15(4-5-21(22)26-14-20-3-2-6-27-20)13-24-23-18-8-16-7-17(10-18)11-19(23)9-16/h2-6,12,16-19,23-24H,7-11,13-14H2,1H3/p+1. The van der Waals surface area contributed by atoms with Crippen LogP contribution in [0.2, 0.25) is 0 Å².